The second kappa shape index (κ2) is 6.13. The third kappa shape index (κ3) is 3.50. The summed E-state index contributed by atoms with van der Waals surface area (Å²) >= 11 is 0. The Morgan fingerprint density at radius 3 is 2.41 bits per heavy atom. The standard InChI is InChI=1S/C14H13F2NO3S2/c1-9-6-14(13(16)8-12(9)15)22(19,20)17-10-4-3-5-11(7-10)21(2)18/h3-8,17H,1-2H3/t21-/m0/s1. The molecular formula is C14H13F2NO3S2. The second-order valence-corrected chi connectivity index (χ2v) is 7.65. The van der Waals surface area contributed by atoms with Gasteiger partial charge in [0, 0.05) is 28.0 Å². The highest BCUT2D eigenvalue weighted by Crippen LogP contribution is 2.22. The van der Waals surface area contributed by atoms with Gasteiger partial charge in [0.15, 0.2) is 0 Å². The first-order valence-corrected chi connectivity index (χ1v) is 9.17. The summed E-state index contributed by atoms with van der Waals surface area (Å²) in [6, 6.07) is 7.40. The first-order valence-electron chi connectivity index (χ1n) is 6.12. The van der Waals surface area contributed by atoms with E-state index in [-0.39, 0.29) is 11.3 Å². The summed E-state index contributed by atoms with van der Waals surface area (Å²) in [7, 11) is -5.50. The van der Waals surface area contributed by atoms with Crippen LogP contribution in [0, 0.1) is 18.6 Å². The van der Waals surface area contributed by atoms with Crippen LogP contribution in [0.3, 0.4) is 0 Å². The SMILES string of the molecule is Cc1cc(S(=O)(=O)Nc2cccc([S@](C)=O)c2)c(F)cc1F. The molecule has 0 spiro atoms. The predicted molar refractivity (Wildman–Crippen MR) is 80.7 cm³/mol. The highest BCUT2D eigenvalue weighted by atomic mass is 32.2. The fourth-order valence-electron chi connectivity index (χ4n) is 1.79. The Bertz CT molecular complexity index is 851. The van der Waals surface area contributed by atoms with E-state index in [1.54, 1.807) is 6.07 Å². The molecule has 0 bridgehead atoms. The summed E-state index contributed by atoms with van der Waals surface area (Å²) in [5.74, 6) is -1.99. The average Bonchev–Trinajstić information content (AvgIpc) is 2.42. The normalized spacial score (nSPS) is 12.9. The molecule has 0 aliphatic rings. The number of hydrogen-bond acceptors (Lipinski definition) is 3. The molecule has 22 heavy (non-hydrogen) atoms. The lowest BCUT2D eigenvalue weighted by Gasteiger charge is -2.10. The molecule has 1 N–H and O–H groups in total. The maximum absolute atomic E-state index is 13.7. The molecular weight excluding hydrogens is 332 g/mol. The third-order valence-electron chi connectivity index (χ3n) is 2.92. The summed E-state index contributed by atoms with van der Waals surface area (Å²) in [5.41, 5.74) is 0.166. The van der Waals surface area contributed by atoms with Crippen molar-refractivity contribution < 1.29 is 21.4 Å². The fourth-order valence-corrected chi connectivity index (χ4v) is 3.54. The van der Waals surface area contributed by atoms with Crippen molar-refractivity contribution in [3.05, 3.63) is 53.6 Å². The van der Waals surface area contributed by atoms with Crippen LogP contribution < -0.4 is 4.72 Å². The van der Waals surface area contributed by atoms with Crippen molar-refractivity contribution in [3.63, 3.8) is 0 Å². The molecule has 0 heterocycles. The highest BCUT2D eigenvalue weighted by molar-refractivity contribution is 7.92. The first kappa shape index (κ1) is 16.6. The second-order valence-electron chi connectivity index (χ2n) is 4.62. The van der Waals surface area contributed by atoms with Crippen molar-refractivity contribution in [2.24, 2.45) is 0 Å². The summed E-state index contributed by atoms with van der Waals surface area (Å²) in [5, 5.41) is 0. The molecule has 4 nitrogen and oxygen atoms in total. The van der Waals surface area contributed by atoms with Gasteiger partial charge in [0.1, 0.15) is 16.5 Å². The number of benzene rings is 2. The summed E-state index contributed by atoms with van der Waals surface area (Å²) in [6.07, 6.45) is 1.45. The molecule has 0 unspecified atom stereocenters. The fraction of sp³-hybridized carbons (Fsp3) is 0.143. The number of halogens is 2. The predicted octanol–water partition coefficient (Wildman–Crippen LogP) is 2.81. The Balaban J connectivity index is 2.42. The average molecular weight is 345 g/mol. The van der Waals surface area contributed by atoms with Gasteiger partial charge in [-0.15, -0.1) is 0 Å². The lowest BCUT2D eigenvalue weighted by molar-refractivity contribution is 0.547. The smallest absolute Gasteiger partial charge is 0.264 e. The maximum atomic E-state index is 13.7. The molecule has 2 aromatic rings. The van der Waals surface area contributed by atoms with E-state index in [0.717, 1.165) is 6.07 Å². The Morgan fingerprint density at radius 2 is 1.77 bits per heavy atom. The van der Waals surface area contributed by atoms with Crippen LogP contribution in [0.25, 0.3) is 0 Å². The van der Waals surface area contributed by atoms with Crippen molar-refractivity contribution in [1.29, 1.82) is 0 Å². The molecule has 2 aromatic carbocycles. The summed E-state index contributed by atoms with van der Waals surface area (Å²) in [6.45, 7) is 1.34. The number of hydrogen-bond donors (Lipinski definition) is 1. The summed E-state index contributed by atoms with van der Waals surface area (Å²) < 4.78 is 65.0. The van der Waals surface area contributed by atoms with E-state index in [4.69, 9.17) is 0 Å². The minimum absolute atomic E-state index is 0.0187. The van der Waals surface area contributed by atoms with Gasteiger partial charge in [-0.05, 0) is 36.8 Å². The van der Waals surface area contributed by atoms with E-state index in [1.807, 2.05) is 0 Å². The van der Waals surface area contributed by atoms with Crippen LogP contribution in [0.4, 0.5) is 14.5 Å². The molecule has 0 amide bonds. The Morgan fingerprint density at radius 1 is 1.09 bits per heavy atom. The van der Waals surface area contributed by atoms with Gasteiger partial charge < -0.3 is 0 Å². The monoisotopic (exact) mass is 345 g/mol. The van der Waals surface area contributed by atoms with Crippen LogP contribution in [0.1, 0.15) is 5.56 Å². The lowest BCUT2D eigenvalue weighted by Crippen LogP contribution is -2.15. The highest BCUT2D eigenvalue weighted by Gasteiger charge is 2.21. The molecule has 0 radical (unpaired) electrons. The molecule has 0 aliphatic heterocycles. The van der Waals surface area contributed by atoms with Gasteiger partial charge in [0.05, 0.1) is 5.69 Å². The van der Waals surface area contributed by atoms with Crippen LogP contribution in [0.2, 0.25) is 0 Å². The van der Waals surface area contributed by atoms with E-state index < -0.39 is 37.4 Å². The number of aryl methyl sites for hydroxylation is 1. The molecule has 1 atom stereocenters. The molecule has 118 valence electrons. The molecule has 2 rings (SSSR count). The van der Waals surface area contributed by atoms with Gasteiger partial charge >= 0.3 is 0 Å². The van der Waals surface area contributed by atoms with Crippen LogP contribution in [0.5, 0.6) is 0 Å². The zero-order valence-electron chi connectivity index (χ0n) is 11.8. The maximum Gasteiger partial charge on any atom is 0.264 e. The van der Waals surface area contributed by atoms with E-state index in [1.165, 1.54) is 31.4 Å². The minimum atomic E-state index is -4.22. The molecule has 0 aromatic heterocycles. The lowest BCUT2D eigenvalue weighted by atomic mass is 10.2. The number of sulfonamides is 1. The van der Waals surface area contributed by atoms with Crippen LogP contribution in [-0.2, 0) is 20.8 Å². The Hall–Kier alpha value is -1.80. The minimum Gasteiger partial charge on any atom is -0.280 e. The van der Waals surface area contributed by atoms with E-state index in [9.17, 15) is 21.4 Å². The molecule has 0 saturated carbocycles. The molecule has 0 fully saturated rings. The van der Waals surface area contributed by atoms with Crippen LogP contribution in [0.15, 0.2) is 46.2 Å². The topological polar surface area (TPSA) is 63.2 Å². The van der Waals surface area contributed by atoms with Crippen molar-refractivity contribution in [1.82, 2.24) is 0 Å². The van der Waals surface area contributed by atoms with Gasteiger partial charge in [-0.2, -0.15) is 0 Å². The zero-order valence-corrected chi connectivity index (χ0v) is 13.4. The Labute approximate surface area is 129 Å². The largest absolute Gasteiger partial charge is 0.280 e. The number of rotatable bonds is 4. The quantitative estimate of drug-likeness (QED) is 0.927. The molecule has 0 saturated heterocycles. The van der Waals surface area contributed by atoms with E-state index >= 15 is 0 Å². The third-order valence-corrected chi connectivity index (χ3v) is 5.23. The van der Waals surface area contributed by atoms with Crippen LogP contribution >= 0.6 is 0 Å². The summed E-state index contributed by atoms with van der Waals surface area (Å²) in [4.78, 5) is -0.217. The van der Waals surface area contributed by atoms with Crippen molar-refractivity contribution in [2.75, 3.05) is 11.0 Å². The number of nitrogens with one attached hydrogen (secondary N) is 1. The zero-order chi connectivity index (χ0) is 16.5. The van der Waals surface area contributed by atoms with Gasteiger partial charge in [0.25, 0.3) is 10.0 Å². The van der Waals surface area contributed by atoms with E-state index in [2.05, 4.69) is 4.72 Å². The van der Waals surface area contributed by atoms with Crippen molar-refractivity contribution >= 4 is 26.5 Å². The van der Waals surface area contributed by atoms with Gasteiger partial charge in [0.2, 0.25) is 0 Å². The van der Waals surface area contributed by atoms with Crippen LogP contribution in [-0.4, -0.2) is 18.9 Å². The van der Waals surface area contributed by atoms with Gasteiger partial charge in [-0.1, -0.05) is 6.07 Å². The number of anilines is 1. The van der Waals surface area contributed by atoms with Crippen molar-refractivity contribution in [3.8, 4) is 0 Å². The van der Waals surface area contributed by atoms with Gasteiger partial charge in [-0.3, -0.25) is 8.93 Å². The Kier molecular flexibility index (Phi) is 4.62. The van der Waals surface area contributed by atoms with Gasteiger partial charge in [-0.25, -0.2) is 17.2 Å². The molecule has 0 aliphatic carbocycles. The molecule has 8 heteroatoms. The van der Waals surface area contributed by atoms with E-state index in [0.29, 0.717) is 11.0 Å². The van der Waals surface area contributed by atoms with Crippen molar-refractivity contribution in [2.45, 2.75) is 16.7 Å². The first-order chi connectivity index (χ1) is 10.2.